The van der Waals surface area contributed by atoms with Gasteiger partial charge in [0.05, 0.1) is 16.6 Å². The minimum Gasteiger partial charge on any atom is -0.481 e. The lowest BCUT2D eigenvalue weighted by atomic mass is 9.85. The minimum absolute atomic E-state index is 0.0859. The molecule has 2 unspecified atom stereocenters. The molecule has 0 radical (unpaired) electrons. The molecule has 0 aromatic heterocycles. The van der Waals surface area contributed by atoms with Crippen molar-refractivity contribution in [1.29, 1.82) is 0 Å². The molecule has 0 saturated heterocycles. The third-order valence-corrected chi connectivity index (χ3v) is 3.63. The van der Waals surface area contributed by atoms with Crippen LogP contribution in [0.2, 0.25) is 5.02 Å². The smallest absolute Gasteiger partial charge is 0.306 e. The highest BCUT2D eigenvalue weighted by molar-refractivity contribution is 6.33. The molecular weight excluding hydrogens is 257 g/mol. The first-order valence-electron chi connectivity index (χ1n) is 6.00. The second-order valence-electron chi connectivity index (χ2n) is 4.67. The average Bonchev–Trinajstić information content (AvgIpc) is 2.33. The molecule has 1 aliphatic rings. The molecule has 1 fully saturated rings. The summed E-state index contributed by atoms with van der Waals surface area (Å²) >= 11 is 5.93. The van der Waals surface area contributed by atoms with Crippen LogP contribution in [0.15, 0.2) is 18.2 Å². The first-order chi connectivity index (χ1) is 8.56. The number of hydrogen-bond acceptors (Lipinski definition) is 2. The maximum atomic E-state index is 12.9. The number of carbonyl (C=O) groups is 1. The SMILES string of the molecule is O=C(O)C1CCCC(Nc2ccc(F)cc2Cl)C1. The van der Waals surface area contributed by atoms with Crippen LogP contribution in [0.1, 0.15) is 25.7 Å². The van der Waals surface area contributed by atoms with Crippen molar-refractivity contribution in [2.24, 2.45) is 5.92 Å². The van der Waals surface area contributed by atoms with Crippen LogP contribution in [0.5, 0.6) is 0 Å². The zero-order valence-electron chi connectivity index (χ0n) is 9.83. The van der Waals surface area contributed by atoms with Crippen LogP contribution >= 0.6 is 11.6 Å². The quantitative estimate of drug-likeness (QED) is 0.884. The molecule has 18 heavy (non-hydrogen) atoms. The van der Waals surface area contributed by atoms with Gasteiger partial charge >= 0.3 is 5.97 Å². The van der Waals surface area contributed by atoms with Crippen molar-refractivity contribution in [2.75, 3.05) is 5.32 Å². The third kappa shape index (κ3) is 3.13. The standard InChI is InChI=1S/C13H15ClFNO2/c14-11-7-9(15)4-5-12(11)16-10-3-1-2-8(6-10)13(17)18/h4-5,7-8,10,16H,1-3,6H2,(H,17,18). The van der Waals surface area contributed by atoms with Crippen molar-refractivity contribution in [3.8, 4) is 0 Å². The number of aliphatic carboxylic acids is 1. The Balaban J connectivity index is 2.02. The van der Waals surface area contributed by atoms with Gasteiger partial charge in [-0.1, -0.05) is 18.0 Å². The van der Waals surface area contributed by atoms with E-state index >= 15 is 0 Å². The molecule has 0 bridgehead atoms. The number of rotatable bonds is 3. The summed E-state index contributed by atoms with van der Waals surface area (Å²) in [6, 6.07) is 4.26. The number of anilines is 1. The average molecular weight is 272 g/mol. The zero-order chi connectivity index (χ0) is 13.1. The van der Waals surface area contributed by atoms with Gasteiger partial charge in [0.1, 0.15) is 5.82 Å². The predicted molar refractivity (Wildman–Crippen MR) is 68.4 cm³/mol. The van der Waals surface area contributed by atoms with Gasteiger partial charge in [-0.2, -0.15) is 0 Å². The van der Waals surface area contributed by atoms with Crippen LogP contribution in [0.4, 0.5) is 10.1 Å². The maximum absolute atomic E-state index is 12.9. The Morgan fingerprint density at radius 1 is 1.44 bits per heavy atom. The second-order valence-corrected chi connectivity index (χ2v) is 5.07. The Hall–Kier alpha value is -1.29. The Bertz CT molecular complexity index is 453. The van der Waals surface area contributed by atoms with Crippen LogP contribution in [0, 0.1) is 11.7 Å². The normalized spacial score (nSPS) is 23.7. The highest BCUT2D eigenvalue weighted by atomic mass is 35.5. The Morgan fingerprint density at radius 2 is 2.22 bits per heavy atom. The molecule has 2 N–H and O–H groups in total. The van der Waals surface area contributed by atoms with Gasteiger partial charge in [0.2, 0.25) is 0 Å². The summed E-state index contributed by atoms with van der Waals surface area (Å²) in [4.78, 5) is 11.0. The van der Waals surface area contributed by atoms with E-state index in [-0.39, 0.29) is 17.8 Å². The van der Waals surface area contributed by atoms with Gasteiger partial charge in [-0.05, 0) is 37.5 Å². The van der Waals surface area contributed by atoms with Gasteiger partial charge in [-0.3, -0.25) is 4.79 Å². The van der Waals surface area contributed by atoms with Gasteiger partial charge in [0.25, 0.3) is 0 Å². The van der Waals surface area contributed by atoms with Crippen molar-refractivity contribution in [3.05, 3.63) is 29.0 Å². The molecular formula is C13H15ClFNO2. The van der Waals surface area contributed by atoms with Crippen LogP contribution in [-0.2, 0) is 4.79 Å². The van der Waals surface area contributed by atoms with E-state index in [9.17, 15) is 9.18 Å². The topological polar surface area (TPSA) is 49.3 Å². The fourth-order valence-corrected chi connectivity index (χ4v) is 2.59. The molecule has 98 valence electrons. The van der Waals surface area contributed by atoms with E-state index in [4.69, 9.17) is 16.7 Å². The molecule has 1 aromatic carbocycles. The lowest BCUT2D eigenvalue weighted by Crippen LogP contribution is -2.31. The van der Waals surface area contributed by atoms with Crippen molar-refractivity contribution in [3.63, 3.8) is 0 Å². The van der Waals surface area contributed by atoms with E-state index in [1.165, 1.54) is 12.1 Å². The summed E-state index contributed by atoms with van der Waals surface area (Å²) in [7, 11) is 0. The van der Waals surface area contributed by atoms with Crippen molar-refractivity contribution in [1.82, 2.24) is 0 Å². The third-order valence-electron chi connectivity index (χ3n) is 3.31. The van der Waals surface area contributed by atoms with Gasteiger partial charge < -0.3 is 10.4 Å². The van der Waals surface area contributed by atoms with E-state index in [1.807, 2.05) is 0 Å². The van der Waals surface area contributed by atoms with Gasteiger partial charge in [0, 0.05) is 6.04 Å². The lowest BCUT2D eigenvalue weighted by molar-refractivity contribution is -0.142. The van der Waals surface area contributed by atoms with E-state index < -0.39 is 5.97 Å². The number of hydrogen-bond donors (Lipinski definition) is 2. The molecule has 0 spiro atoms. The number of benzene rings is 1. The minimum atomic E-state index is -0.744. The molecule has 2 atom stereocenters. The van der Waals surface area contributed by atoms with Crippen LogP contribution in [0.25, 0.3) is 0 Å². The first kappa shape index (κ1) is 13.1. The summed E-state index contributed by atoms with van der Waals surface area (Å²) in [5.41, 5.74) is 0.661. The van der Waals surface area contributed by atoms with Crippen molar-refractivity contribution >= 4 is 23.3 Å². The molecule has 1 aliphatic carbocycles. The van der Waals surface area contributed by atoms with Gasteiger partial charge in [0.15, 0.2) is 0 Å². The predicted octanol–water partition coefficient (Wildman–Crippen LogP) is 3.53. The number of carboxylic acid groups (broad SMARTS) is 1. The van der Waals surface area contributed by atoms with Crippen molar-refractivity contribution in [2.45, 2.75) is 31.7 Å². The molecule has 1 saturated carbocycles. The summed E-state index contributed by atoms with van der Waals surface area (Å²) in [6.45, 7) is 0. The maximum Gasteiger partial charge on any atom is 0.306 e. The molecule has 0 amide bonds. The van der Waals surface area contributed by atoms with Crippen LogP contribution in [0.3, 0.4) is 0 Å². The zero-order valence-corrected chi connectivity index (χ0v) is 10.6. The monoisotopic (exact) mass is 271 g/mol. The van der Waals surface area contributed by atoms with E-state index in [0.29, 0.717) is 17.1 Å². The number of nitrogens with one attached hydrogen (secondary N) is 1. The Labute approximate surface area is 110 Å². The summed E-state index contributed by atoms with van der Waals surface area (Å²) < 4.78 is 12.9. The number of carboxylic acids is 1. The van der Waals surface area contributed by atoms with Crippen LogP contribution < -0.4 is 5.32 Å². The molecule has 0 aliphatic heterocycles. The van der Waals surface area contributed by atoms with Gasteiger partial charge in [-0.25, -0.2) is 4.39 Å². The molecule has 0 heterocycles. The fraction of sp³-hybridized carbons (Fsp3) is 0.462. The highest BCUT2D eigenvalue weighted by Gasteiger charge is 2.27. The lowest BCUT2D eigenvalue weighted by Gasteiger charge is -2.28. The van der Waals surface area contributed by atoms with Crippen LogP contribution in [-0.4, -0.2) is 17.1 Å². The Morgan fingerprint density at radius 3 is 2.89 bits per heavy atom. The fourth-order valence-electron chi connectivity index (χ4n) is 2.37. The largest absolute Gasteiger partial charge is 0.481 e. The summed E-state index contributed by atoms with van der Waals surface area (Å²) in [6.07, 6.45) is 3.11. The molecule has 2 rings (SSSR count). The summed E-state index contributed by atoms with van der Waals surface area (Å²) in [5, 5.41) is 12.5. The molecule has 3 nitrogen and oxygen atoms in total. The second kappa shape index (κ2) is 5.57. The molecule has 1 aromatic rings. The molecule has 5 heteroatoms. The van der Waals surface area contributed by atoms with E-state index in [0.717, 1.165) is 19.3 Å². The van der Waals surface area contributed by atoms with E-state index in [1.54, 1.807) is 6.07 Å². The number of halogens is 2. The van der Waals surface area contributed by atoms with Gasteiger partial charge in [-0.15, -0.1) is 0 Å². The first-order valence-corrected chi connectivity index (χ1v) is 6.38. The van der Waals surface area contributed by atoms with E-state index in [2.05, 4.69) is 5.32 Å². The Kier molecular flexibility index (Phi) is 4.07. The summed E-state index contributed by atoms with van der Waals surface area (Å²) in [5.74, 6) is -1.42. The van der Waals surface area contributed by atoms with Crippen molar-refractivity contribution < 1.29 is 14.3 Å². The highest BCUT2D eigenvalue weighted by Crippen LogP contribution is 2.29.